The van der Waals surface area contributed by atoms with E-state index < -0.39 is 0 Å². The molecule has 0 aromatic heterocycles. The van der Waals surface area contributed by atoms with Crippen LogP contribution in [0.1, 0.15) is 31.2 Å². The van der Waals surface area contributed by atoms with Crippen LogP contribution in [0, 0.1) is 18.8 Å². The molecule has 33 heavy (non-hydrogen) atoms. The predicted molar refractivity (Wildman–Crippen MR) is 141 cm³/mol. The summed E-state index contributed by atoms with van der Waals surface area (Å²) >= 11 is 3.54. The SMILES string of the molecule is C=C(/C=C(/C=C1/Sc2ccccc2N1C)C1CCC(C(=O)OC)CC1)Sc1ccccc1C. The van der Waals surface area contributed by atoms with E-state index in [1.165, 1.54) is 38.8 Å². The minimum atomic E-state index is -0.0709. The number of esters is 1. The molecule has 0 atom stereocenters. The summed E-state index contributed by atoms with van der Waals surface area (Å²) in [6.07, 6.45) is 8.30. The Bertz CT molecular complexity index is 1100. The smallest absolute Gasteiger partial charge is 0.308 e. The van der Waals surface area contributed by atoms with Gasteiger partial charge >= 0.3 is 5.97 Å². The fourth-order valence-electron chi connectivity index (χ4n) is 4.52. The van der Waals surface area contributed by atoms with Crippen LogP contribution in [0.3, 0.4) is 0 Å². The number of allylic oxidation sites excluding steroid dienone is 3. The van der Waals surface area contributed by atoms with Gasteiger partial charge in [-0.05, 0) is 80.0 Å². The molecule has 0 amide bonds. The molecule has 5 heteroatoms. The fraction of sp³-hybridized carbons (Fsp3) is 0.321. The first-order valence-electron chi connectivity index (χ1n) is 11.4. The van der Waals surface area contributed by atoms with Crippen molar-refractivity contribution in [2.24, 2.45) is 11.8 Å². The summed E-state index contributed by atoms with van der Waals surface area (Å²) in [7, 11) is 3.62. The van der Waals surface area contributed by atoms with Crippen LogP contribution in [-0.4, -0.2) is 20.1 Å². The summed E-state index contributed by atoms with van der Waals surface area (Å²) < 4.78 is 4.99. The molecular formula is C28H31NO2S2. The van der Waals surface area contributed by atoms with Crippen LogP contribution in [0.5, 0.6) is 0 Å². The Morgan fingerprint density at radius 1 is 1.09 bits per heavy atom. The Morgan fingerprint density at radius 3 is 2.45 bits per heavy atom. The summed E-state index contributed by atoms with van der Waals surface area (Å²) in [4.78, 5) is 17.9. The van der Waals surface area contributed by atoms with Gasteiger partial charge in [0.15, 0.2) is 0 Å². The monoisotopic (exact) mass is 477 g/mol. The van der Waals surface area contributed by atoms with Crippen molar-refractivity contribution in [2.45, 2.75) is 42.4 Å². The maximum absolute atomic E-state index is 12.0. The maximum Gasteiger partial charge on any atom is 0.308 e. The molecule has 1 aliphatic carbocycles. The standard InChI is InChI=1S/C28H31NO2S2/c1-19-9-5-7-11-25(19)32-20(2)17-23(21-13-15-22(16-14-21)28(30)31-4)18-27-29(3)24-10-6-8-12-26(24)33-27/h5-12,17-18,21-22H,2,13-16H2,1,3-4H3/b23-17-,27-18+. The number of fused-ring (bicyclic) bond motifs is 1. The Kier molecular flexibility index (Phi) is 7.71. The Hall–Kier alpha value is -2.37. The van der Waals surface area contributed by atoms with Crippen molar-refractivity contribution in [3.63, 3.8) is 0 Å². The molecule has 0 N–H and O–H groups in total. The van der Waals surface area contributed by atoms with E-state index in [0.29, 0.717) is 5.92 Å². The number of thioether (sulfide) groups is 2. The first-order chi connectivity index (χ1) is 16.0. The Labute approximate surface area is 206 Å². The molecule has 0 unspecified atom stereocenters. The molecule has 2 aliphatic rings. The highest BCUT2D eigenvalue weighted by Crippen LogP contribution is 2.46. The van der Waals surface area contributed by atoms with Crippen molar-refractivity contribution in [2.75, 3.05) is 19.1 Å². The molecule has 3 nitrogen and oxygen atoms in total. The van der Waals surface area contributed by atoms with Gasteiger partial charge in [0.1, 0.15) is 0 Å². The Balaban J connectivity index is 1.59. The minimum Gasteiger partial charge on any atom is -0.469 e. The predicted octanol–water partition coefficient (Wildman–Crippen LogP) is 7.59. The van der Waals surface area contributed by atoms with Crippen LogP contribution < -0.4 is 4.90 Å². The highest BCUT2D eigenvalue weighted by molar-refractivity contribution is 8.03. The summed E-state index contributed by atoms with van der Waals surface area (Å²) in [6.45, 7) is 6.51. The van der Waals surface area contributed by atoms with E-state index >= 15 is 0 Å². The van der Waals surface area contributed by atoms with Crippen molar-refractivity contribution >= 4 is 35.2 Å². The van der Waals surface area contributed by atoms with Crippen LogP contribution in [0.4, 0.5) is 5.69 Å². The molecule has 0 bridgehead atoms. The number of methoxy groups -OCH3 is 1. The van der Waals surface area contributed by atoms with E-state index in [-0.39, 0.29) is 11.9 Å². The van der Waals surface area contributed by atoms with Gasteiger partial charge in [0.25, 0.3) is 0 Å². The largest absolute Gasteiger partial charge is 0.469 e. The van der Waals surface area contributed by atoms with E-state index in [0.717, 1.165) is 30.6 Å². The number of rotatable bonds is 6. The highest BCUT2D eigenvalue weighted by atomic mass is 32.2. The number of ether oxygens (including phenoxy) is 1. The zero-order valence-corrected chi connectivity index (χ0v) is 21.2. The normalized spacial score (nSPS) is 21.7. The van der Waals surface area contributed by atoms with Crippen LogP contribution in [0.25, 0.3) is 0 Å². The summed E-state index contributed by atoms with van der Waals surface area (Å²) in [5.74, 6) is 0.362. The molecule has 2 aromatic carbocycles. The molecule has 4 rings (SSSR count). The van der Waals surface area contributed by atoms with Gasteiger partial charge in [-0.2, -0.15) is 0 Å². The van der Waals surface area contributed by atoms with Gasteiger partial charge < -0.3 is 9.64 Å². The quantitative estimate of drug-likeness (QED) is 0.243. The first-order valence-corrected chi connectivity index (χ1v) is 13.0. The molecule has 0 spiro atoms. The van der Waals surface area contributed by atoms with Crippen molar-refractivity contribution in [3.8, 4) is 0 Å². The number of carbonyl (C=O) groups is 1. The number of para-hydroxylation sites is 1. The van der Waals surface area contributed by atoms with E-state index in [1.807, 2.05) is 11.8 Å². The molecule has 0 radical (unpaired) electrons. The lowest BCUT2D eigenvalue weighted by atomic mass is 9.78. The molecule has 1 heterocycles. The van der Waals surface area contributed by atoms with Gasteiger partial charge in [-0.15, -0.1) is 0 Å². The third-order valence-electron chi connectivity index (χ3n) is 6.46. The molecule has 172 valence electrons. The average Bonchev–Trinajstić information content (AvgIpc) is 3.15. The van der Waals surface area contributed by atoms with Crippen LogP contribution in [0.2, 0.25) is 0 Å². The Morgan fingerprint density at radius 2 is 1.76 bits per heavy atom. The van der Waals surface area contributed by atoms with Gasteiger partial charge in [0.05, 0.1) is 23.7 Å². The van der Waals surface area contributed by atoms with Crippen LogP contribution >= 0.6 is 23.5 Å². The molecule has 1 fully saturated rings. The zero-order chi connectivity index (χ0) is 23.4. The number of aryl methyl sites for hydroxylation is 1. The van der Waals surface area contributed by atoms with Crippen molar-refractivity contribution in [1.82, 2.24) is 0 Å². The molecule has 1 saturated carbocycles. The van der Waals surface area contributed by atoms with E-state index in [9.17, 15) is 4.79 Å². The first kappa shape index (κ1) is 23.8. The van der Waals surface area contributed by atoms with Gasteiger partial charge in [0.2, 0.25) is 0 Å². The van der Waals surface area contributed by atoms with Crippen molar-refractivity contribution in [1.29, 1.82) is 0 Å². The number of hydrogen-bond acceptors (Lipinski definition) is 5. The third-order valence-corrected chi connectivity index (χ3v) is 8.68. The average molecular weight is 478 g/mol. The number of benzene rings is 2. The molecule has 2 aromatic rings. The van der Waals surface area contributed by atoms with Crippen molar-refractivity contribution in [3.05, 3.63) is 88.3 Å². The second-order valence-corrected chi connectivity index (χ2v) is 10.9. The minimum absolute atomic E-state index is 0.0254. The lowest BCUT2D eigenvalue weighted by Gasteiger charge is -2.28. The van der Waals surface area contributed by atoms with Crippen molar-refractivity contribution < 1.29 is 9.53 Å². The van der Waals surface area contributed by atoms with Crippen LogP contribution in [0.15, 0.2) is 92.6 Å². The van der Waals surface area contributed by atoms with Gasteiger partial charge in [0, 0.05) is 21.7 Å². The van der Waals surface area contributed by atoms with Gasteiger partial charge in [-0.1, -0.05) is 60.4 Å². The maximum atomic E-state index is 12.0. The van der Waals surface area contributed by atoms with Gasteiger partial charge in [-0.25, -0.2) is 0 Å². The lowest BCUT2D eigenvalue weighted by Crippen LogP contribution is -2.23. The highest BCUT2D eigenvalue weighted by Gasteiger charge is 2.29. The van der Waals surface area contributed by atoms with E-state index in [4.69, 9.17) is 4.74 Å². The summed E-state index contributed by atoms with van der Waals surface area (Å²) in [5.41, 5.74) is 3.80. The number of anilines is 1. The number of nitrogens with zero attached hydrogens (tertiary/aromatic N) is 1. The lowest BCUT2D eigenvalue weighted by molar-refractivity contribution is -0.146. The summed E-state index contributed by atoms with van der Waals surface area (Å²) in [5, 5.41) is 1.23. The second kappa shape index (κ2) is 10.7. The number of hydrogen-bond donors (Lipinski definition) is 0. The molecule has 0 saturated heterocycles. The second-order valence-electron chi connectivity index (χ2n) is 8.66. The fourth-order valence-corrected chi connectivity index (χ4v) is 6.49. The summed E-state index contributed by atoms with van der Waals surface area (Å²) in [6, 6.07) is 16.9. The topological polar surface area (TPSA) is 29.5 Å². The van der Waals surface area contributed by atoms with Gasteiger partial charge in [-0.3, -0.25) is 4.79 Å². The molecular weight excluding hydrogens is 446 g/mol. The number of carbonyl (C=O) groups excluding carboxylic acids is 1. The van der Waals surface area contributed by atoms with E-state index in [2.05, 4.69) is 86.1 Å². The zero-order valence-electron chi connectivity index (χ0n) is 19.5. The van der Waals surface area contributed by atoms with Crippen LogP contribution in [-0.2, 0) is 9.53 Å². The molecule has 1 aliphatic heterocycles. The van der Waals surface area contributed by atoms with E-state index in [1.54, 1.807) is 11.8 Å². The third kappa shape index (κ3) is 5.59.